The maximum atomic E-state index is 13.3. The zero-order valence-corrected chi connectivity index (χ0v) is 18.3. The minimum atomic E-state index is -0.453. The van der Waals surface area contributed by atoms with Gasteiger partial charge in [0.1, 0.15) is 6.10 Å². The lowest BCUT2D eigenvalue weighted by Crippen LogP contribution is -2.49. The third kappa shape index (κ3) is 4.39. The highest BCUT2D eigenvalue weighted by Gasteiger charge is 2.36. The molecular weight excluding hydrogens is 404 g/mol. The monoisotopic (exact) mass is 432 g/mol. The Morgan fingerprint density at radius 1 is 1.53 bits per heavy atom. The maximum absolute atomic E-state index is 13.3. The van der Waals surface area contributed by atoms with Gasteiger partial charge in [-0.2, -0.15) is 0 Å². The summed E-state index contributed by atoms with van der Waals surface area (Å²) in [4.78, 5) is 19.9. The standard InChI is InChI=1S/C22H29ClN4O3/c1-3-19(27(15-5-6-15)22(28)21-13-24-7-10-30-21)18-11-20-16(12-25-18)17(23)14-26(20)8-4-9-29-2/h5,11-12,14,19,21,24H,3-4,6-10,13H2,1-2H3/t19-,21-/m1/s1. The minimum Gasteiger partial charge on any atom is -0.385 e. The van der Waals surface area contributed by atoms with Crippen molar-refractivity contribution >= 4 is 28.4 Å². The maximum Gasteiger partial charge on any atom is 0.257 e. The highest BCUT2D eigenvalue weighted by Crippen LogP contribution is 2.36. The molecule has 0 saturated carbocycles. The Kier molecular flexibility index (Phi) is 6.73. The SMILES string of the molecule is CC[C@H](c1cc2c(cn1)c(Cl)cn2CCCOC)N(C(=O)[C@H]1CNCCO1)C1=CC1. The van der Waals surface area contributed by atoms with Gasteiger partial charge in [-0.15, -0.1) is 0 Å². The number of rotatable bonds is 9. The second-order valence-electron chi connectivity index (χ2n) is 7.74. The number of fused-ring (bicyclic) bond motifs is 1. The summed E-state index contributed by atoms with van der Waals surface area (Å²) in [6.07, 6.45) is 7.90. The van der Waals surface area contributed by atoms with Gasteiger partial charge < -0.3 is 24.3 Å². The van der Waals surface area contributed by atoms with Crippen LogP contribution in [0.4, 0.5) is 0 Å². The molecule has 2 aliphatic rings. The molecule has 30 heavy (non-hydrogen) atoms. The molecule has 8 heteroatoms. The lowest BCUT2D eigenvalue weighted by atomic mass is 10.1. The molecule has 2 aromatic heterocycles. The molecule has 0 bridgehead atoms. The minimum absolute atomic E-state index is 0.00760. The summed E-state index contributed by atoms with van der Waals surface area (Å²) in [5.41, 5.74) is 2.96. The second-order valence-corrected chi connectivity index (χ2v) is 8.15. The van der Waals surface area contributed by atoms with E-state index < -0.39 is 6.10 Å². The van der Waals surface area contributed by atoms with E-state index in [1.54, 1.807) is 7.11 Å². The van der Waals surface area contributed by atoms with Crippen LogP contribution in [0.1, 0.15) is 37.9 Å². The van der Waals surface area contributed by atoms with Crippen molar-refractivity contribution in [3.8, 4) is 0 Å². The Hall–Kier alpha value is -1.93. The summed E-state index contributed by atoms with van der Waals surface area (Å²) in [7, 11) is 1.71. The van der Waals surface area contributed by atoms with E-state index in [2.05, 4.69) is 29.0 Å². The normalized spacial score (nSPS) is 19.6. The number of methoxy groups -OCH3 is 1. The first-order valence-electron chi connectivity index (χ1n) is 10.6. The number of nitrogens with one attached hydrogen (secondary N) is 1. The quantitative estimate of drug-likeness (QED) is 0.616. The van der Waals surface area contributed by atoms with E-state index in [4.69, 9.17) is 26.1 Å². The molecule has 7 nitrogen and oxygen atoms in total. The number of aromatic nitrogens is 2. The van der Waals surface area contributed by atoms with Crippen molar-refractivity contribution in [3.63, 3.8) is 0 Å². The number of pyridine rings is 1. The molecule has 1 aliphatic heterocycles. The van der Waals surface area contributed by atoms with E-state index >= 15 is 0 Å². The van der Waals surface area contributed by atoms with Gasteiger partial charge in [0, 0.05) is 63.2 Å². The fourth-order valence-corrected chi connectivity index (χ4v) is 4.31. The van der Waals surface area contributed by atoms with Gasteiger partial charge in [-0.1, -0.05) is 24.6 Å². The first-order chi connectivity index (χ1) is 14.6. The van der Waals surface area contributed by atoms with Crippen LogP contribution < -0.4 is 5.32 Å². The van der Waals surface area contributed by atoms with Crippen molar-refractivity contribution in [2.45, 2.75) is 44.9 Å². The summed E-state index contributed by atoms with van der Waals surface area (Å²) in [5.74, 6) is 0.00760. The number of hydrogen-bond donors (Lipinski definition) is 1. The smallest absolute Gasteiger partial charge is 0.257 e. The van der Waals surface area contributed by atoms with E-state index in [9.17, 15) is 4.79 Å². The third-order valence-corrected chi connectivity index (χ3v) is 5.96. The first kappa shape index (κ1) is 21.3. The van der Waals surface area contributed by atoms with Crippen molar-refractivity contribution in [3.05, 3.63) is 40.9 Å². The fourth-order valence-electron chi connectivity index (χ4n) is 4.05. The molecule has 0 spiro atoms. The van der Waals surface area contributed by atoms with Crippen molar-refractivity contribution in [2.75, 3.05) is 33.4 Å². The summed E-state index contributed by atoms with van der Waals surface area (Å²) in [6.45, 7) is 5.47. The van der Waals surface area contributed by atoms with Gasteiger partial charge in [-0.3, -0.25) is 9.78 Å². The second kappa shape index (κ2) is 9.47. The van der Waals surface area contributed by atoms with Gasteiger partial charge in [0.15, 0.2) is 0 Å². The predicted molar refractivity (Wildman–Crippen MR) is 116 cm³/mol. The van der Waals surface area contributed by atoms with Gasteiger partial charge in [0.25, 0.3) is 5.91 Å². The number of carbonyl (C=O) groups is 1. The van der Waals surface area contributed by atoms with E-state index in [1.165, 1.54) is 0 Å². The number of allylic oxidation sites excluding steroid dienone is 2. The van der Waals surface area contributed by atoms with Crippen LogP contribution in [0.5, 0.6) is 0 Å². The molecule has 1 N–H and O–H groups in total. The zero-order chi connectivity index (χ0) is 21.1. The molecule has 1 aliphatic carbocycles. The largest absolute Gasteiger partial charge is 0.385 e. The zero-order valence-electron chi connectivity index (χ0n) is 17.6. The molecule has 2 atom stereocenters. The number of hydrogen-bond acceptors (Lipinski definition) is 5. The fraction of sp³-hybridized carbons (Fsp3) is 0.545. The number of ether oxygens (including phenoxy) is 2. The lowest BCUT2D eigenvalue weighted by Gasteiger charge is -2.33. The molecule has 1 fully saturated rings. The molecular formula is C22H29ClN4O3. The summed E-state index contributed by atoms with van der Waals surface area (Å²) in [6, 6.07) is 1.94. The van der Waals surface area contributed by atoms with E-state index in [-0.39, 0.29) is 11.9 Å². The first-order valence-corrected chi connectivity index (χ1v) is 11.0. The third-order valence-electron chi connectivity index (χ3n) is 5.66. The topological polar surface area (TPSA) is 68.6 Å². The number of amides is 1. The van der Waals surface area contributed by atoms with Crippen LogP contribution in [0.3, 0.4) is 0 Å². The summed E-state index contributed by atoms with van der Waals surface area (Å²) in [5, 5.41) is 4.87. The molecule has 3 heterocycles. The highest BCUT2D eigenvalue weighted by atomic mass is 35.5. The van der Waals surface area contributed by atoms with Gasteiger partial charge in [-0.05, 0) is 18.9 Å². The van der Waals surface area contributed by atoms with E-state index in [1.807, 2.05) is 17.3 Å². The molecule has 1 amide bonds. The molecule has 4 rings (SSSR count). The van der Waals surface area contributed by atoms with Crippen LogP contribution in [0.15, 0.2) is 30.2 Å². The van der Waals surface area contributed by atoms with Gasteiger partial charge in [-0.25, -0.2) is 0 Å². The average Bonchev–Trinajstić information content (AvgIpc) is 3.56. The van der Waals surface area contributed by atoms with Crippen LogP contribution in [-0.4, -0.2) is 59.9 Å². The Bertz CT molecular complexity index is 936. The van der Waals surface area contributed by atoms with Crippen molar-refractivity contribution in [1.29, 1.82) is 0 Å². The van der Waals surface area contributed by atoms with Crippen LogP contribution in [0.25, 0.3) is 10.9 Å². The van der Waals surface area contributed by atoms with Crippen LogP contribution in [-0.2, 0) is 20.8 Å². The molecule has 2 aromatic rings. The summed E-state index contributed by atoms with van der Waals surface area (Å²) < 4.78 is 13.1. The van der Waals surface area contributed by atoms with Crippen LogP contribution in [0.2, 0.25) is 5.02 Å². The molecule has 162 valence electrons. The van der Waals surface area contributed by atoms with Crippen LogP contribution in [0, 0.1) is 0 Å². The van der Waals surface area contributed by atoms with Crippen LogP contribution >= 0.6 is 11.6 Å². The predicted octanol–water partition coefficient (Wildman–Crippen LogP) is 3.28. The average molecular weight is 433 g/mol. The van der Waals surface area contributed by atoms with E-state index in [0.717, 1.165) is 54.6 Å². The van der Waals surface area contributed by atoms with Gasteiger partial charge in [0.2, 0.25) is 0 Å². The number of nitrogens with zero attached hydrogens (tertiary/aromatic N) is 3. The van der Waals surface area contributed by atoms with Crippen molar-refractivity contribution in [1.82, 2.24) is 19.8 Å². The Morgan fingerprint density at radius 3 is 3.03 bits per heavy atom. The molecule has 1 saturated heterocycles. The molecule has 0 aromatic carbocycles. The molecule has 0 radical (unpaired) electrons. The summed E-state index contributed by atoms with van der Waals surface area (Å²) >= 11 is 6.44. The lowest BCUT2D eigenvalue weighted by molar-refractivity contribution is -0.145. The number of halogens is 1. The highest BCUT2D eigenvalue weighted by molar-refractivity contribution is 6.35. The van der Waals surface area contributed by atoms with Crippen molar-refractivity contribution in [2.24, 2.45) is 0 Å². The Morgan fingerprint density at radius 2 is 2.37 bits per heavy atom. The van der Waals surface area contributed by atoms with Gasteiger partial charge >= 0.3 is 0 Å². The number of carbonyl (C=O) groups excluding carboxylic acids is 1. The van der Waals surface area contributed by atoms with Crippen molar-refractivity contribution < 1.29 is 14.3 Å². The Balaban J connectivity index is 1.64. The number of aryl methyl sites for hydroxylation is 1. The van der Waals surface area contributed by atoms with E-state index in [0.29, 0.717) is 24.8 Å². The number of morpholine rings is 1. The van der Waals surface area contributed by atoms with Gasteiger partial charge in [0.05, 0.1) is 28.9 Å². The molecule has 0 unspecified atom stereocenters. The Labute approximate surface area is 182 Å².